The average Bonchev–Trinajstić information content (AvgIpc) is 0.884. The molecule has 3 aliphatic rings. The van der Waals surface area contributed by atoms with E-state index in [1.165, 1.54) is 60.7 Å². The van der Waals surface area contributed by atoms with Gasteiger partial charge in [-0.3, -0.25) is 67.7 Å². The van der Waals surface area contributed by atoms with Crippen LogP contribution in [0.3, 0.4) is 0 Å². The van der Waals surface area contributed by atoms with Gasteiger partial charge in [-0.1, -0.05) is 161 Å². The molecule has 3 saturated heterocycles. The summed E-state index contributed by atoms with van der Waals surface area (Å²) >= 11 is 0.921. The zero-order valence-corrected chi connectivity index (χ0v) is 66.9. The number of hydrogen-bond donors (Lipinski definition) is 19. The van der Waals surface area contributed by atoms with E-state index in [1.807, 2.05) is 42.5 Å². The number of thioether (sulfide) groups is 1. The molecule has 7 aromatic rings. The molecule has 3 aliphatic heterocycles. The fraction of sp³-hybridized carbons (Fsp3) is 0.346. The molecule has 118 heavy (non-hydrogen) atoms. The summed E-state index contributed by atoms with van der Waals surface area (Å²) in [4.78, 5) is 200. The number of nitrogens with zero attached hydrogens (tertiary/aromatic N) is 2. The zero-order valence-electron chi connectivity index (χ0n) is 64.4. The number of hydrogen-bond acceptors (Lipinski definition) is 21. The van der Waals surface area contributed by atoms with Crippen LogP contribution in [0.25, 0.3) is 11.1 Å². The van der Waals surface area contributed by atoms with Crippen molar-refractivity contribution in [3.8, 4) is 22.6 Å². The van der Waals surface area contributed by atoms with E-state index in [1.54, 1.807) is 84.9 Å². The van der Waals surface area contributed by atoms with Crippen LogP contribution in [0.15, 0.2) is 176 Å². The highest BCUT2D eigenvalue weighted by Gasteiger charge is 2.40. The Labute approximate surface area is 692 Å². The molecule has 6 aromatic carbocycles. The number of imidazole rings is 1. The Morgan fingerprint density at radius 3 is 1.68 bits per heavy atom. The van der Waals surface area contributed by atoms with Gasteiger partial charge in [0.1, 0.15) is 71.9 Å². The monoisotopic (exact) mass is 1670 g/mol. The maximum atomic E-state index is 15.5. The maximum Gasteiger partial charge on any atom is 0.244 e. The molecular formula is C81H97N19O15S3. The molecular weight excluding hydrogens is 1580 g/mol. The topological polar surface area (TPSA) is 555 Å². The normalized spacial score (nSPS) is 21.8. The number of amides is 13. The van der Waals surface area contributed by atoms with Crippen LogP contribution in [0.1, 0.15) is 59.7 Å². The van der Waals surface area contributed by atoms with Gasteiger partial charge < -0.3 is 102 Å². The molecule has 13 amide bonds. The van der Waals surface area contributed by atoms with Crippen molar-refractivity contribution in [2.45, 2.75) is 137 Å². The number of nitrogens with two attached hydrogens (primary N) is 4. The second-order valence-corrected chi connectivity index (χ2v) is 32.0. The fourth-order valence-electron chi connectivity index (χ4n) is 12.9. The number of fused-ring (bicyclic) bond motifs is 31. The minimum atomic E-state index is -1.84. The molecule has 23 N–H and O–H groups in total. The molecule has 0 spiro atoms. The number of benzene rings is 6. The minimum absolute atomic E-state index is 0.0467. The molecule has 0 aliphatic carbocycles. The summed E-state index contributed by atoms with van der Waals surface area (Å²) in [7, 11) is 1.79. The summed E-state index contributed by atoms with van der Waals surface area (Å²) in [5, 5.41) is 57.7. The first-order valence-corrected chi connectivity index (χ1v) is 41.6. The number of nitrogens with one attached hydrogen (secondary N) is 13. The fourth-order valence-corrected chi connectivity index (χ4v) is 16.1. The third-order valence-corrected chi connectivity index (χ3v) is 22.7. The van der Waals surface area contributed by atoms with Crippen LogP contribution >= 0.6 is 33.3 Å². The Kier molecular flexibility index (Phi) is 33.8. The first-order valence-electron chi connectivity index (χ1n) is 37.9. The highest BCUT2D eigenvalue weighted by atomic mass is 33.1. The molecule has 34 nitrogen and oxygen atoms in total. The molecule has 10 rings (SSSR count). The molecule has 3 unspecified atom stereocenters. The third-order valence-electron chi connectivity index (χ3n) is 19.2. The van der Waals surface area contributed by atoms with E-state index in [9.17, 15) is 39.0 Å². The number of primary amides is 2. The smallest absolute Gasteiger partial charge is 0.244 e. The van der Waals surface area contributed by atoms with Crippen molar-refractivity contribution in [3.63, 3.8) is 0 Å². The van der Waals surface area contributed by atoms with Gasteiger partial charge in [0.05, 0.1) is 30.2 Å². The Morgan fingerprint density at radius 1 is 0.559 bits per heavy atom. The quantitative estimate of drug-likeness (QED) is 0.0118. The molecule has 3 fully saturated rings. The number of aromatic nitrogens is 2. The summed E-state index contributed by atoms with van der Waals surface area (Å²) in [5.74, 6) is -14.2. The van der Waals surface area contributed by atoms with Crippen LogP contribution in [0.5, 0.6) is 11.5 Å². The molecule has 4 heterocycles. The number of aromatic hydroxyl groups is 2. The lowest BCUT2D eigenvalue weighted by molar-refractivity contribution is -0.141. The van der Waals surface area contributed by atoms with Crippen LogP contribution in [0, 0.1) is 5.41 Å². The predicted molar refractivity (Wildman–Crippen MR) is 445 cm³/mol. The van der Waals surface area contributed by atoms with Crippen LogP contribution in [-0.2, 0) is 101 Å². The van der Waals surface area contributed by atoms with E-state index in [0.717, 1.165) is 44.5 Å². The number of H-pyrrole nitrogens is 1. The summed E-state index contributed by atoms with van der Waals surface area (Å²) in [6.45, 7) is 0.942. The van der Waals surface area contributed by atoms with E-state index in [2.05, 4.69) is 68.5 Å². The second kappa shape index (κ2) is 44.6. The molecule has 1 aromatic heterocycles. The number of carbonyl (C=O) groups excluding carboxylic acids is 13. The van der Waals surface area contributed by atoms with Gasteiger partial charge in [0.25, 0.3) is 0 Å². The molecule has 0 radical (unpaired) electrons. The van der Waals surface area contributed by atoms with Crippen molar-refractivity contribution in [3.05, 3.63) is 210 Å². The average molecular weight is 1670 g/mol. The van der Waals surface area contributed by atoms with E-state index in [0.29, 0.717) is 27.8 Å². The lowest BCUT2D eigenvalue weighted by Gasteiger charge is -2.36. The maximum absolute atomic E-state index is 15.5. The summed E-state index contributed by atoms with van der Waals surface area (Å²) < 4.78 is 0. The largest absolute Gasteiger partial charge is 0.508 e. The predicted octanol–water partition coefficient (Wildman–Crippen LogP) is -0.598. The van der Waals surface area contributed by atoms with Crippen LogP contribution in [0.4, 0.5) is 0 Å². The summed E-state index contributed by atoms with van der Waals surface area (Å²) in [6, 6.07) is 26.8. The van der Waals surface area contributed by atoms with Crippen LogP contribution in [0.2, 0.25) is 0 Å². The Bertz CT molecular complexity index is 4620. The van der Waals surface area contributed by atoms with Gasteiger partial charge in [0, 0.05) is 74.7 Å². The van der Waals surface area contributed by atoms with E-state index in [4.69, 9.17) is 28.3 Å². The van der Waals surface area contributed by atoms with Crippen molar-refractivity contribution in [1.29, 1.82) is 5.41 Å². The number of carbonyl (C=O) groups is 13. The Hall–Kier alpha value is -12.5. The third kappa shape index (κ3) is 28.2. The number of phenols is 2. The summed E-state index contributed by atoms with van der Waals surface area (Å²) in [6.07, 6.45) is 0.879. The number of rotatable bonds is 24. The van der Waals surface area contributed by atoms with Gasteiger partial charge in [-0.15, -0.1) is 11.8 Å². The van der Waals surface area contributed by atoms with Gasteiger partial charge in [0.15, 0.2) is 5.96 Å². The summed E-state index contributed by atoms with van der Waals surface area (Å²) in [5.41, 5.74) is 28.3. The molecule has 624 valence electrons. The standard InChI is InChI=1S/C81H97N19O15S3/c1-46-71(106)93-60(34-47-12-5-2-6-13-47)74(109)99-66(78(113)92-59(70(84)105)33-50-23-29-57(102)30-24-50)43-118-117-42-65(97-72(107)58(82)32-49-21-27-56(101)28-22-49)79(114)95-62(37-55-39-87-45-89-55)76(111)94-61(35-48-14-7-3-8-15-48)75(110)98-64-41-116-44-69(104)100(40-54(91-77(64)112)18-11-31-88-81(85)86)67(80(115)96-63(38-68(83)103)73(108)90-46)36-51-19-25-53(26-20-51)52-16-9-4-10-17-52/h2-10,12-17,19-30,39,45-46,54,58-67,101-102H,11,18,31-38,40-44,82H2,1H3,(H2,83,103)(H2,84,105)(H,87,89)(H,90,108)(H,91,112)(H,92,113)(H,93,106)(H,94,111)(H,95,114)(H,96,115)(H,97,107)(H,98,110)(H,99,109)(H4,85,86,88)/t46-,54-,58-,59-,60?,61+,62-,63-,64+,65?,66-,67?/m0/s1. The van der Waals surface area contributed by atoms with Crippen molar-refractivity contribution < 1.29 is 72.5 Å². The van der Waals surface area contributed by atoms with Crippen molar-refractivity contribution in [2.24, 2.45) is 22.9 Å². The van der Waals surface area contributed by atoms with E-state index < -0.39 is 174 Å². The molecule has 2 bridgehead atoms. The lowest BCUT2D eigenvalue weighted by Crippen LogP contribution is -2.62. The van der Waals surface area contributed by atoms with Gasteiger partial charge in [-0.05, 0) is 89.4 Å². The van der Waals surface area contributed by atoms with Gasteiger partial charge in [-0.25, -0.2) is 4.98 Å². The lowest BCUT2D eigenvalue weighted by atomic mass is 9.98. The minimum Gasteiger partial charge on any atom is -0.508 e. The number of aromatic amines is 1. The first kappa shape index (κ1) is 89.5. The molecule has 12 atom stereocenters. The SMILES string of the molecule is C[C@@H]1NC(=O)[C@H](CC(N)=O)NC(=O)C(Cc2ccc(-c3ccccc3)cc2)N2C[C@H](CCCNC(=N)N)NC(=O)[C@@H](CSCC2=O)NC(=O)[C@@H](Cc2ccccc2)NC(=O)[C@H](Cc2c[nH]cn2)NC(=O)C(NC(=O)[C@@H](N)Cc2ccc(O)cc2)CSSC[C@@H](C(=O)N[C@@H](Cc2ccc(O)cc2)C(N)=O)NC(=O)C(Cc2ccccc2)NC1=O. The number of phenolic OH excluding ortho intramolecular Hbond substituents is 2. The van der Waals surface area contributed by atoms with Crippen molar-refractivity contribution >= 4 is 116 Å². The van der Waals surface area contributed by atoms with E-state index >= 15 is 33.6 Å². The highest BCUT2D eigenvalue weighted by molar-refractivity contribution is 8.76. The Balaban J connectivity index is 1.13. The Morgan fingerprint density at radius 2 is 1.08 bits per heavy atom. The zero-order chi connectivity index (χ0) is 84.8. The second-order valence-electron chi connectivity index (χ2n) is 28.4. The van der Waals surface area contributed by atoms with Crippen molar-refractivity contribution in [1.82, 2.24) is 73.4 Å². The molecule has 37 heteroatoms. The van der Waals surface area contributed by atoms with Gasteiger partial charge in [0.2, 0.25) is 76.8 Å². The van der Waals surface area contributed by atoms with Crippen LogP contribution in [-0.4, -0.2) is 216 Å². The van der Waals surface area contributed by atoms with Gasteiger partial charge >= 0.3 is 0 Å². The first-order chi connectivity index (χ1) is 56.6. The molecule has 0 saturated carbocycles. The highest BCUT2D eigenvalue weighted by Crippen LogP contribution is 2.26. The van der Waals surface area contributed by atoms with Gasteiger partial charge in [-0.2, -0.15) is 0 Å². The van der Waals surface area contributed by atoms with Crippen LogP contribution < -0.4 is 81.4 Å². The number of guanidine groups is 1. The van der Waals surface area contributed by atoms with E-state index in [-0.39, 0.29) is 92.6 Å². The van der Waals surface area contributed by atoms with Crippen molar-refractivity contribution in [2.75, 3.05) is 36.1 Å².